The molecule has 0 aromatic rings. The molecule has 2 nitrogen and oxygen atoms in total. The molecule has 0 saturated heterocycles. The zero-order chi connectivity index (χ0) is 9.97. The summed E-state index contributed by atoms with van der Waals surface area (Å²) in [6.07, 6.45) is 10.0. The van der Waals surface area contributed by atoms with E-state index in [4.69, 9.17) is 5.11 Å². The molecule has 0 spiro atoms. The number of rotatable bonds is 3. The molecule has 0 bridgehead atoms. The third-order valence-corrected chi connectivity index (χ3v) is 2.79. The molecule has 0 amide bonds. The van der Waals surface area contributed by atoms with E-state index in [9.17, 15) is 5.11 Å². The maximum Gasteiger partial charge on any atom is 0.0688 e. The highest BCUT2D eigenvalue weighted by Crippen LogP contribution is 2.33. The first-order valence-electron chi connectivity index (χ1n) is 4.86. The van der Waals surface area contributed by atoms with E-state index in [0.717, 1.165) is 24.0 Å². The van der Waals surface area contributed by atoms with Crippen molar-refractivity contribution in [3.63, 3.8) is 0 Å². The lowest BCUT2D eigenvalue weighted by Crippen LogP contribution is -2.00. The first kappa shape index (κ1) is 9.44. The third kappa shape index (κ3) is 1.47. The Morgan fingerprint density at radius 1 is 1.14 bits per heavy atom. The lowest BCUT2D eigenvalue weighted by molar-refractivity contribution is 0.311. The predicted octanol–water partition coefficient (Wildman–Crippen LogP) is 1.48. The Hall–Kier alpha value is -1.12. The van der Waals surface area contributed by atoms with Gasteiger partial charge >= 0.3 is 0 Å². The van der Waals surface area contributed by atoms with Crippen molar-refractivity contribution in [1.82, 2.24) is 0 Å². The molecule has 0 heterocycles. The number of hydrogen-bond acceptors (Lipinski definition) is 2. The van der Waals surface area contributed by atoms with Crippen molar-refractivity contribution >= 4 is 0 Å². The fourth-order valence-electron chi connectivity index (χ4n) is 2.02. The average Bonchev–Trinajstić information content (AvgIpc) is 2.85. The molecule has 2 aliphatic rings. The van der Waals surface area contributed by atoms with E-state index in [1.165, 1.54) is 11.1 Å². The summed E-state index contributed by atoms with van der Waals surface area (Å²) < 4.78 is 0. The molecule has 0 fully saturated rings. The molecule has 0 atom stereocenters. The van der Waals surface area contributed by atoms with E-state index in [2.05, 4.69) is 12.2 Å². The molecule has 2 rings (SSSR count). The second-order valence-corrected chi connectivity index (χ2v) is 3.53. The van der Waals surface area contributed by atoms with Crippen LogP contribution in [0.3, 0.4) is 0 Å². The van der Waals surface area contributed by atoms with Gasteiger partial charge in [-0.15, -0.1) is 0 Å². The Morgan fingerprint density at radius 3 is 2.57 bits per heavy atom. The second kappa shape index (κ2) is 3.95. The second-order valence-electron chi connectivity index (χ2n) is 3.53. The highest BCUT2D eigenvalue weighted by atomic mass is 16.3. The molecule has 2 aliphatic carbocycles. The third-order valence-electron chi connectivity index (χ3n) is 2.79. The van der Waals surface area contributed by atoms with Crippen LogP contribution in [-0.4, -0.2) is 23.4 Å². The first-order valence-corrected chi connectivity index (χ1v) is 4.86. The van der Waals surface area contributed by atoms with Crippen LogP contribution in [0.5, 0.6) is 0 Å². The van der Waals surface area contributed by atoms with Crippen LogP contribution in [0.2, 0.25) is 0 Å². The summed E-state index contributed by atoms with van der Waals surface area (Å²) in [6.45, 7) is 0.0547. The summed E-state index contributed by atoms with van der Waals surface area (Å²) in [5.74, 6) is 0. The van der Waals surface area contributed by atoms with Crippen LogP contribution in [0.4, 0.5) is 0 Å². The SMILES string of the molecule is OCC1=CCC(C2=CC=CC2)=C1CO. The molecule has 0 unspecified atom stereocenters. The van der Waals surface area contributed by atoms with E-state index >= 15 is 0 Å². The summed E-state index contributed by atoms with van der Waals surface area (Å²) in [4.78, 5) is 0. The van der Waals surface area contributed by atoms with Gasteiger partial charge in [0.1, 0.15) is 0 Å². The Kier molecular flexibility index (Phi) is 2.66. The lowest BCUT2D eigenvalue weighted by Gasteiger charge is -2.08. The summed E-state index contributed by atoms with van der Waals surface area (Å²) >= 11 is 0. The topological polar surface area (TPSA) is 40.5 Å². The summed E-state index contributed by atoms with van der Waals surface area (Å²) in [5.41, 5.74) is 4.27. The molecule has 0 radical (unpaired) electrons. The fraction of sp³-hybridized carbons (Fsp3) is 0.333. The van der Waals surface area contributed by atoms with Gasteiger partial charge in [-0.25, -0.2) is 0 Å². The Morgan fingerprint density at radius 2 is 2.00 bits per heavy atom. The van der Waals surface area contributed by atoms with Gasteiger partial charge in [-0.05, 0) is 35.1 Å². The molecule has 0 aromatic carbocycles. The van der Waals surface area contributed by atoms with Gasteiger partial charge in [0.25, 0.3) is 0 Å². The lowest BCUT2D eigenvalue weighted by atomic mass is 9.99. The van der Waals surface area contributed by atoms with Crippen molar-refractivity contribution in [3.8, 4) is 0 Å². The van der Waals surface area contributed by atoms with Gasteiger partial charge in [0.15, 0.2) is 0 Å². The predicted molar refractivity (Wildman–Crippen MR) is 55.7 cm³/mol. The smallest absolute Gasteiger partial charge is 0.0688 e. The minimum Gasteiger partial charge on any atom is -0.392 e. The quantitative estimate of drug-likeness (QED) is 0.707. The Balaban J connectivity index is 2.27. The Labute approximate surface area is 83.6 Å². The van der Waals surface area contributed by atoms with Gasteiger partial charge < -0.3 is 10.2 Å². The Bertz CT molecular complexity index is 357. The van der Waals surface area contributed by atoms with Crippen molar-refractivity contribution in [3.05, 3.63) is 46.6 Å². The first-order chi connectivity index (χ1) is 6.86. The van der Waals surface area contributed by atoms with Crippen LogP contribution in [0.25, 0.3) is 0 Å². The molecule has 74 valence electrons. The van der Waals surface area contributed by atoms with Gasteiger partial charge in [0, 0.05) is 0 Å². The number of aliphatic hydroxyl groups is 2. The van der Waals surface area contributed by atoms with Crippen LogP contribution in [0, 0.1) is 0 Å². The van der Waals surface area contributed by atoms with E-state index in [0.29, 0.717) is 0 Å². The molecule has 2 N–H and O–H groups in total. The maximum atomic E-state index is 9.24. The van der Waals surface area contributed by atoms with Crippen molar-refractivity contribution < 1.29 is 10.2 Å². The molecule has 14 heavy (non-hydrogen) atoms. The van der Waals surface area contributed by atoms with E-state index < -0.39 is 0 Å². The largest absolute Gasteiger partial charge is 0.392 e. The molecule has 0 aliphatic heterocycles. The van der Waals surface area contributed by atoms with Crippen LogP contribution in [0.15, 0.2) is 46.6 Å². The minimum absolute atomic E-state index is 0.0269. The zero-order valence-corrected chi connectivity index (χ0v) is 8.03. The molecule has 0 aromatic heterocycles. The standard InChI is InChI=1S/C12H14O2/c13-7-10-5-6-11(12(10)8-14)9-3-1-2-4-9/h1-3,5,13-14H,4,6-8H2. The molecule has 2 heteroatoms. The number of aliphatic hydroxyl groups excluding tert-OH is 2. The van der Waals surface area contributed by atoms with Gasteiger partial charge in [-0.3, -0.25) is 0 Å². The van der Waals surface area contributed by atoms with Crippen molar-refractivity contribution in [1.29, 1.82) is 0 Å². The molecule has 0 saturated carbocycles. The number of hydrogen-bond donors (Lipinski definition) is 2. The van der Waals surface area contributed by atoms with Crippen molar-refractivity contribution in [2.24, 2.45) is 0 Å². The minimum atomic E-state index is 0.0269. The normalized spacial score (nSPS) is 20.4. The van der Waals surface area contributed by atoms with Crippen molar-refractivity contribution in [2.45, 2.75) is 12.8 Å². The van der Waals surface area contributed by atoms with Gasteiger partial charge in [0.05, 0.1) is 13.2 Å². The van der Waals surface area contributed by atoms with E-state index in [1.807, 2.05) is 12.2 Å². The molecular weight excluding hydrogens is 176 g/mol. The summed E-state index contributed by atoms with van der Waals surface area (Å²) in [5, 5.41) is 18.3. The monoisotopic (exact) mass is 190 g/mol. The van der Waals surface area contributed by atoms with Crippen LogP contribution < -0.4 is 0 Å². The number of allylic oxidation sites excluding steroid dienone is 6. The maximum absolute atomic E-state index is 9.24. The summed E-state index contributed by atoms with van der Waals surface area (Å²) in [6, 6.07) is 0. The van der Waals surface area contributed by atoms with Crippen LogP contribution in [-0.2, 0) is 0 Å². The van der Waals surface area contributed by atoms with Crippen molar-refractivity contribution in [2.75, 3.05) is 13.2 Å². The average molecular weight is 190 g/mol. The van der Waals surface area contributed by atoms with Gasteiger partial charge in [-0.2, -0.15) is 0 Å². The fourth-order valence-corrected chi connectivity index (χ4v) is 2.02. The highest BCUT2D eigenvalue weighted by molar-refractivity contribution is 5.54. The van der Waals surface area contributed by atoms with E-state index in [1.54, 1.807) is 0 Å². The van der Waals surface area contributed by atoms with E-state index in [-0.39, 0.29) is 13.2 Å². The molecular formula is C12H14O2. The van der Waals surface area contributed by atoms with Gasteiger partial charge in [-0.1, -0.05) is 24.3 Å². The highest BCUT2D eigenvalue weighted by Gasteiger charge is 2.19. The van der Waals surface area contributed by atoms with Gasteiger partial charge in [0.2, 0.25) is 0 Å². The summed E-state index contributed by atoms with van der Waals surface area (Å²) in [7, 11) is 0. The zero-order valence-electron chi connectivity index (χ0n) is 8.03. The van der Waals surface area contributed by atoms with Crippen LogP contribution >= 0.6 is 0 Å². The van der Waals surface area contributed by atoms with Crippen LogP contribution in [0.1, 0.15) is 12.8 Å².